The molecule has 0 spiro atoms. The molecule has 1 atom stereocenters. The lowest BCUT2D eigenvalue weighted by atomic mass is 10.2. The number of carboxylic acids is 1. The van der Waals surface area contributed by atoms with Gasteiger partial charge in [-0.1, -0.05) is 6.92 Å². The maximum absolute atomic E-state index is 11.4. The molecular weight excluding hydrogens is 310 g/mol. The summed E-state index contributed by atoms with van der Waals surface area (Å²) in [5.41, 5.74) is 4.82. The highest BCUT2D eigenvalue weighted by Gasteiger charge is 2.23. The lowest BCUT2D eigenvalue weighted by molar-refractivity contribution is -0.124. The number of hydrogen-bond acceptors (Lipinski definition) is 5. The van der Waals surface area contributed by atoms with Crippen molar-refractivity contribution in [3.8, 4) is 5.75 Å². The first-order valence-electron chi connectivity index (χ1n) is 5.44. The first kappa shape index (κ1) is 16.3. The van der Waals surface area contributed by atoms with Gasteiger partial charge in [0.2, 0.25) is 0 Å². The van der Waals surface area contributed by atoms with E-state index in [9.17, 15) is 18.0 Å². The molecule has 0 aliphatic rings. The average molecular weight is 322 g/mol. The van der Waals surface area contributed by atoms with Crippen molar-refractivity contribution in [2.45, 2.75) is 24.3 Å². The van der Waals surface area contributed by atoms with Crippen molar-refractivity contribution in [3.05, 3.63) is 23.8 Å². The van der Waals surface area contributed by atoms with Crippen LogP contribution in [0.25, 0.3) is 0 Å². The molecule has 1 aromatic carbocycles. The molecule has 1 amide bonds. The molecule has 0 aliphatic carbocycles. The van der Waals surface area contributed by atoms with Crippen LogP contribution in [-0.2, 0) is 13.8 Å². The summed E-state index contributed by atoms with van der Waals surface area (Å²) in [6.07, 6.45) is -0.819. The number of aromatic carboxylic acids is 1. The second-order valence-electron chi connectivity index (χ2n) is 3.82. The molecule has 0 heterocycles. The van der Waals surface area contributed by atoms with Crippen LogP contribution in [0.5, 0.6) is 5.75 Å². The Bertz CT molecular complexity index is 642. The van der Waals surface area contributed by atoms with E-state index in [1.165, 1.54) is 0 Å². The molecule has 20 heavy (non-hydrogen) atoms. The number of nitrogens with two attached hydrogens (primary N) is 1. The normalized spacial score (nSPS) is 12.7. The number of halogens is 1. The molecule has 0 aromatic heterocycles. The van der Waals surface area contributed by atoms with E-state index in [4.69, 9.17) is 26.3 Å². The molecular formula is C11H12ClNO6S. The molecule has 0 radical (unpaired) electrons. The Morgan fingerprint density at radius 2 is 2.05 bits per heavy atom. The number of benzene rings is 1. The van der Waals surface area contributed by atoms with Gasteiger partial charge in [0.15, 0.2) is 6.10 Å². The quantitative estimate of drug-likeness (QED) is 0.752. The lowest BCUT2D eigenvalue weighted by Crippen LogP contribution is -2.33. The fourth-order valence-electron chi connectivity index (χ4n) is 1.42. The summed E-state index contributed by atoms with van der Waals surface area (Å²) in [4.78, 5) is 21.4. The van der Waals surface area contributed by atoms with Crippen molar-refractivity contribution >= 4 is 31.6 Å². The van der Waals surface area contributed by atoms with Crippen LogP contribution in [0.4, 0.5) is 0 Å². The smallest absolute Gasteiger partial charge is 0.335 e. The van der Waals surface area contributed by atoms with E-state index in [1.807, 2.05) is 0 Å². The van der Waals surface area contributed by atoms with Crippen LogP contribution in [0.3, 0.4) is 0 Å². The molecule has 0 saturated heterocycles. The van der Waals surface area contributed by atoms with Gasteiger partial charge in [0, 0.05) is 10.7 Å². The molecule has 3 N–H and O–H groups in total. The van der Waals surface area contributed by atoms with E-state index in [2.05, 4.69) is 0 Å². The van der Waals surface area contributed by atoms with Crippen molar-refractivity contribution in [1.29, 1.82) is 0 Å². The standard InChI is InChI=1S/C11H12ClNO6S/c1-2-7(10(13)14)19-8-4-3-6(11(15)16)5-9(8)20(12,17)18/h3-5,7H,2H2,1H3,(H2,13,14)(H,15,16). The number of amides is 1. The predicted molar refractivity (Wildman–Crippen MR) is 70.3 cm³/mol. The minimum Gasteiger partial charge on any atom is -0.479 e. The second kappa shape index (κ2) is 6.10. The molecule has 1 rings (SSSR count). The van der Waals surface area contributed by atoms with Crippen molar-refractivity contribution < 1.29 is 27.9 Å². The van der Waals surface area contributed by atoms with E-state index >= 15 is 0 Å². The Balaban J connectivity index is 3.33. The maximum Gasteiger partial charge on any atom is 0.335 e. The zero-order valence-electron chi connectivity index (χ0n) is 10.4. The average Bonchev–Trinajstić information content (AvgIpc) is 2.34. The first-order valence-corrected chi connectivity index (χ1v) is 7.75. The van der Waals surface area contributed by atoms with Gasteiger partial charge >= 0.3 is 5.97 Å². The second-order valence-corrected chi connectivity index (χ2v) is 6.36. The Morgan fingerprint density at radius 1 is 1.45 bits per heavy atom. The molecule has 1 unspecified atom stereocenters. The first-order chi connectivity index (χ1) is 9.16. The van der Waals surface area contributed by atoms with Gasteiger partial charge in [0.1, 0.15) is 10.6 Å². The van der Waals surface area contributed by atoms with Crippen molar-refractivity contribution in [2.75, 3.05) is 0 Å². The Hall–Kier alpha value is -1.80. The molecule has 0 saturated carbocycles. The number of carboxylic acid groups (broad SMARTS) is 1. The van der Waals surface area contributed by atoms with Crippen molar-refractivity contribution in [3.63, 3.8) is 0 Å². The van der Waals surface area contributed by atoms with Crippen molar-refractivity contribution in [2.24, 2.45) is 5.73 Å². The van der Waals surface area contributed by atoms with Crippen LogP contribution in [-0.4, -0.2) is 31.5 Å². The summed E-state index contributed by atoms with van der Waals surface area (Å²) in [5.74, 6) is -2.32. The van der Waals surface area contributed by atoms with E-state index in [-0.39, 0.29) is 17.7 Å². The summed E-state index contributed by atoms with van der Waals surface area (Å²) in [6, 6.07) is 3.11. The summed E-state index contributed by atoms with van der Waals surface area (Å²) >= 11 is 0. The molecule has 0 aliphatic heterocycles. The number of hydrogen-bond donors (Lipinski definition) is 2. The van der Waals surface area contributed by atoms with E-state index in [0.29, 0.717) is 0 Å². The lowest BCUT2D eigenvalue weighted by Gasteiger charge is -2.16. The maximum atomic E-state index is 11.4. The van der Waals surface area contributed by atoms with Gasteiger partial charge in [-0.25, -0.2) is 13.2 Å². The predicted octanol–water partition coefficient (Wildman–Crippen LogP) is 0.955. The highest BCUT2D eigenvalue weighted by Crippen LogP contribution is 2.29. The van der Waals surface area contributed by atoms with Crippen LogP contribution in [0.2, 0.25) is 0 Å². The molecule has 1 aromatic rings. The highest BCUT2D eigenvalue weighted by molar-refractivity contribution is 8.13. The van der Waals surface area contributed by atoms with Crippen molar-refractivity contribution in [1.82, 2.24) is 0 Å². The van der Waals surface area contributed by atoms with Gasteiger partial charge in [-0.3, -0.25) is 4.79 Å². The van der Waals surface area contributed by atoms with Crippen LogP contribution in [0.1, 0.15) is 23.7 Å². The number of carbonyl (C=O) groups is 2. The zero-order valence-corrected chi connectivity index (χ0v) is 11.9. The number of rotatable bonds is 6. The summed E-state index contributed by atoms with van der Waals surface area (Å²) in [6.45, 7) is 1.62. The third-order valence-electron chi connectivity index (χ3n) is 2.41. The number of primary amides is 1. The van der Waals surface area contributed by atoms with Gasteiger partial charge in [0.25, 0.3) is 15.0 Å². The minimum absolute atomic E-state index is 0.220. The topological polar surface area (TPSA) is 124 Å². The fourth-order valence-corrected chi connectivity index (χ4v) is 2.41. The molecule has 9 heteroatoms. The summed E-state index contributed by atoms with van der Waals surface area (Å²) < 4.78 is 28.1. The third kappa shape index (κ3) is 3.84. The number of ether oxygens (including phenoxy) is 1. The van der Waals surface area contributed by atoms with Gasteiger partial charge in [0.05, 0.1) is 5.56 Å². The zero-order chi connectivity index (χ0) is 15.5. The SMILES string of the molecule is CCC(Oc1ccc(C(=O)O)cc1S(=O)(=O)Cl)C(N)=O. The Labute approximate surface area is 119 Å². The molecule has 0 fully saturated rings. The van der Waals surface area contributed by atoms with Gasteiger partial charge in [-0.2, -0.15) is 0 Å². The van der Waals surface area contributed by atoms with E-state index < -0.39 is 31.9 Å². The van der Waals surface area contributed by atoms with Gasteiger partial charge < -0.3 is 15.6 Å². The van der Waals surface area contributed by atoms with Gasteiger partial charge in [-0.15, -0.1) is 0 Å². The molecule has 7 nitrogen and oxygen atoms in total. The van der Waals surface area contributed by atoms with E-state index in [0.717, 1.165) is 18.2 Å². The summed E-state index contributed by atoms with van der Waals surface area (Å²) in [7, 11) is 0.992. The third-order valence-corrected chi connectivity index (χ3v) is 3.75. The Morgan fingerprint density at radius 3 is 2.45 bits per heavy atom. The summed E-state index contributed by atoms with van der Waals surface area (Å²) in [5, 5.41) is 8.83. The van der Waals surface area contributed by atoms with Crippen LogP contribution in [0, 0.1) is 0 Å². The van der Waals surface area contributed by atoms with Crippen LogP contribution >= 0.6 is 10.7 Å². The largest absolute Gasteiger partial charge is 0.479 e. The van der Waals surface area contributed by atoms with E-state index in [1.54, 1.807) is 6.92 Å². The fraction of sp³-hybridized carbons (Fsp3) is 0.273. The molecule has 110 valence electrons. The minimum atomic E-state index is -4.24. The number of carbonyl (C=O) groups excluding carboxylic acids is 1. The Kier molecular flexibility index (Phi) is 4.96. The van der Waals surface area contributed by atoms with Crippen LogP contribution < -0.4 is 10.5 Å². The van der Waals surface area contributed by atoms with Gasteiger partial charge in [-0.05, 0) is 24.6 Å². The monoisotopic (exact) mass is 321 g/mol. The molecule has 0 bridgehead atoms. The van der Waals surface area contributed by atoms with Crippen LogP contribution in [0.15, 0.2) is 23.1 Å². The highest BCUT2D eigenvalue weighted by atomic mass is 35.7.